The van der Waals surface area contributed by atoms with E-state index in [4.69, 9.17) is 11.6 Å². The zero-order valence-corrected chi connectivity index (χ0v) is 9.71. The molecule has 3 nitrogen and oxygen atoms in total. The molecule has 0 atom stereocenters. The second-order valence-corrected chi connectivity index (χ2v) is 4.32. The Kier molecular flexibility index (Phi) is 4.09. The molecule has 1 heterocycles. The molecule has 1 rings (SSSR count). The molecule has 0 unspecified atom stereocenters. The number of nitrogens with one attached hydrogen (secondary N) is 1. The Bertz CT molecular complexity index is 325. The highest BCUT2D eigenvalue weighted by molar-refractivity contribution is 6.19. The number of aromatic nitrogens is 1. The maximum Gasteiger partial charge on any atom is 0.227 e. The van der Waals surface area contributed by atoms with Gasteiger partial charge in [-0.15, -0.1) is 11.6 Å². The molecule has 82 valence electrons. The molecule has 1 aromatic heterocycles. The van der Waals surface area contributed by atoms with Gasteiger partial charge >= 0.3 is 0 Å². The summed E-state index contributed by atoms with van der Waals surface area (Å²) in [5.74, 6) is 0.282. The van der Waals surface area contributed by atoms with Crippen LogP contribution in [0.25, 0.3) is 0 Å². The number of hydrogen-bond acceptors (Lipinski definition) is 2. The fourth-order valence-electron chi connectivity index (χ4n) is 0.983. The molecule has 4 heteroatoms. The first-order chi connectivity index (χ1) is 7.06. The predicted octanol–water partition coefficient (Wildman–Crippen LogP) is 1.96. The van der Waals surface area contributed by atoms with E-state index in [1.807, 2.05) is 26.0 Å². The van der Waals surface area contributed by atoms with Gasteiger partial charge in [-0.05, 0) is 31.5 Å². The highest BCUT2D eigenvalue weighted by atomic mass is 35.5. The highest BCUT2D eigenvalue weighted by Gasteiger charge is 2.25. The first kappa shape index (κ1) is 12.0. The molecule has 0 aliphatic heterocycles. The van der Waals surface area contributed by atoms with Gasteiger partial charge in [-0.2, -0.15) is 0 Å². The van der Waals surface area contributed by atoms with Gasteiger partial charge < -0.3 is 5.32 Å². The summed E-state index contributed by atoms with van der Waals surface area (Å²) >= 11 is 5.70. The van der Waals surface area contributed by atoms with Crippen molar-refractivity contribution in [2.75, 3.05) is 5.88 Å². The van der Waals surface area contributed by atoms with Crippen LogP contribution in [0.15, 0.2) is 24.5 Å². The van der Waals surface area contributed by atoms with Gasteiger partial charge in [-0.1, -0.05) is 0 Å². The summed E-state index contributed by atoms with van der Waals surface area (Å²) in [6.07, 6.45) is 3.41. The van der Waals surface area contributed by atoms with E-state index in [1.54, 1.807) is 12.4 Å². The van der Waals surface area contributed by atoms with Gasteiger partial charge in [-0.3, -0.25) is 9.78 Å². The minimum absolute atomic E-state index is 0.0330. The lowest BCUT2D eigenvalue weighted by Gasteiger charge is -2.20. The van der Waals surface area contributed by atoms with Crippen LogP contribution in [0.1, 0.15) is 19.4 Å². The molecule has 0 saturated carbocycles. The normalized spacial score (nSPS) is 11.1. The molecule has 0 aromatic carbocycles. The minimum atomic E-state index is -0.519. The van der Waals surface area contributed by atoms with Crippen LogP contribution in [-0.2, 0) is 11.3 Å². The maximum absolute atomic E-state index is 11.7. The van der Waals surface area contributed by atoms with E-state index < -0.39 is 5.41 Å². The molecule has 0 aliphatic carbocycles. The van der Waals surface area contributed by atoms with Crippen LogP contribution in [0.3, 0.4) is 0 Å². The third-order valence-corrected chi connectivity index (χ3v) is 2.82. The lowest BCUT2D eigenvalue weighted by atomic mass is 9.95. The molecule has 1 aromatic rings. The summed E-state index contributed by atoms with van der Waals surface area (Å²) in [5.41, 5.74) is 0.512. The van der Waals surface area contributed by atoms with Gasteiger partial charge in [0.05, 0.1) is 5.41 Å². The van der Waals surface area contributed by atoms with Crippen molar-refractivity contribution >= 4 is 17.5 Å². The largest absolute Gasteiger partial charge is 0.352 e. The van der Waals surface area contributed by atoms with Crippen molar-refractivity contribution in [3.8, 4) is 0 Å². The van der Waals surface area contributed by atoms with Crippen LogP contribution >= 0.6 is 11.6 Å². The van der Waals surface area contributed by atoms with Gasteiger partial charge in [-0.25, -0.2) is 0 Å². The quantitative estimate of drug-likeness (QED) is 0.798. The van der Waals surface area contributed by atoms with Crippen LogP contribution < -0.4 is 5.32 Å². The molecule has 0 aliphatic rings. The summed E-state index contributed by atoms with van der Waals surface area (Å²) in [5, 5.41) is 2.84. The summed E-state index contributed by atoms with van der Waals surface area (Å²) < 4.78 is 0. The number of alkyl halides is 1. The lowest BCUT2D eigenvalue weighted by molar-refractivity contribution is -0.128. The number of amides is 1. The third kappa shape index (κ3) is 3.51. The second kappa shape index (κ2) is 5.12. The standard InChI is InChI=1S/C11H15ClN2O/c1-11(2,8-12)10(15)14-7-9-3-5-13-6-4-9/h3-6H,7-8H2,1-2H3,(H,14,15). The molecule has 0 fully saturated rings. The molecule has 0 spiro atoms. The van der Waals surface area contributed by atoms with Gasteiger partial charge in [0.15, 0.2) is 0 Å². The van der Waals surface area contributed by atoms with Crippen molar-refractivity contribution in [2.45, 2.75) is 20.4 Å². The summed E-state index contributed by atoms with van der Waals surface area (Å²) in [6, 6.07) is 3.74. The van der Waals surface area contributed by atoms with Crippen LogP contribution in [0.5, 0.6) is 0 Å². The SMILES string of the molecule is CC(C)(CCl)C(=O)NCc1ccncc1. The Balaban J connectivity index is 2.48. The van der Waals surface area contributed by atoms with E-state index in [9.17, 15) is 4.79 Å². The number of nitrogens with zero attached hydrogens (tertiary/aromatic N) is 1. The van der Waals surface area contributed by atoms with Gasteiger partial charge in [0.25, 0.3) is 0 Å². The van der Waals surface area contributed by atoms with Crippen molar-refractivity contribution in [1.29, 1.82) is 0 Å². The van der Waals surface area contributed by atoms with E-state index in [-0.39, 0.29) is 5.91 Å². The molecule has 1 N–H and O–H groups in total. The molecule has 0 radical (unpaired) electrons. The van der Waals surface area contributed by atoms with Crippen LogP contribution in [0, 0.1) is 5.41 Å². The second-order valence-electron chi connectivity index (χ2n) is 4.06. The van der Waals surface area contributed by atoms with E-state index in [0.29, 0.717) is 12.4 Å². The fourth-order valence-corrected chi connectivity index (χ4v) is 1.10. The van der Waals surface area contributed by atoms with E-state index >= 15 is 0 Å². The van der Waals surface area contributed by atoms with Gasteiger partial charge in [0.2, 0.25) is 5.91 Å². The maximum atomic E-state index is 11.7. The van der Waals surface area contributed by atoms with Crippen molar-refractivity contribution < 1.29 is 4.79 Å². The fraction of sp³-hybridized carbons (Fsp3) is 0.455. The van der Waals surface area contributed by atoms with Crippen LogP contribution in [-0.4, -0.2) is 16.8 Å². The topological polar surface area (TPSA) is 42.0 Å². The molecule has 0 bridgehead atoms. The third-order valence-electron chi connectivity index (χ3n) is 2.15. The Hall–Kier alpha value is -1.09. The van der Waals surface area contributed by atoms with Crippen LogP contribution in [0.4, 0.5) is 0 Å². The summed E-state index contributed by atoms with van der Waals surface area (Å²) in [6.45, 7) is 4.16. The molecular formula is C11H15ClN2O. The zero-order chi connectivity index (χ0) is 11.3. The number of carbonyl (C=O) groups excluding carboxylic acids is 1. The number of halogens is 1. The Labute approximate surface area is 94.9 Å². The summed E-state index contributed by atoms with van der Waals surface area (Å²) in [7, 11) is 0. The molecule has 15 heavy (non-hydrogen) atoms. The average molecular weight is 227 g/mol. The number of pyridine rings is 1. The minimum Gasteiger partial charge on any atom is -0.352 e. The highest BCUT2D eigenvalue weighted by Crippen LogP contribution is 2.16. The number of hydrogen-bond donors (Lipinski definition) is 1. The Morgan fingerprint density at radius 3 is 2.60 bits per heavy atom. The monoisotopic (exact) mass is 226 g/mol. The molecular weight excluding hydrogens is 212 g/mol. The van der Waals surface area contributed by atoms with E-state index in [0.717, 1.165) is 5.56 Å². The van der Waals surface area contributed by atoms with Crippen LogP contribution in [0.2, 0.25) is 0 Å². The first-order valence-corrected chi connectivity index (χ1v) is 5.33. The van der Waals surface area contributed by atoms with Gasteiger partial charge in [0.1, 0.15) is 0 Å². The molecule has 0 saturated heterocycles. The first-order valence-electron chi connectivity index (χ1n) is 4.79. The Morgan fingerprint density at radius 2 is 2.07 bits per heavy atom. The smallest absolute Gasteiger partial charge is 0.227 e. The summed E-state index contributed by atoms with van der Waals surface area (Å²) in [4.78, 5) is 15.6. The number of carbonyl (C=O) groups is 1. The predicted molar refractivity (Wildman–Crippen MR) is 60.6 cm³/mol. The van der Waals surface area contributed by atoms with E-state index in [1.165, 1.54) is 0 Å². The zero-order valence-electron chi connectivity index (χ0n) is 8.96. The Morgan fingerprint density at radius 1 is 1.47 bits per heavy atom. The van der Waals surface area contributed by atoms with Crippen molar-refractivity contribution in [3.05, 3.63) is 30.1 Å². The molecule has 1 amide bonds. The lowest BCUT2D eigenvalue weighted by Crippen LogP contribution is -2.37. The van der Waals surface area contributed by atoms with Crippen molar-refractivity contribution in [3.63, 3.8) is 0 Å². The van der Waals surface area contributed by atoms with Gasteiger partial charge in [0, 0.05) is 24.8 Å². The number of rotatable bonds is 4. The van der Waals surface area contributed by atoms with Crippen molar-refractivity contribution in [1.82, 2.24) is 10.3 Å². The van der Waals surface area contributed by atoms with E-state index in [2.05, 4.69) is 10.3 Å². The van der Waals surface area contributed by atoms with Crippen molar-refractivity contribution in [2.24, 2.45) is 5.41 Å². The average Bonchev–Trinajstić information content (AvgIpc) is 2.27.